The molecule has 2 fully saturated rings. The van der Waals surface area contributed by atoms with Crippen molar-refractivity contribution in [3.8, 4) is 0 Å². The van der Waals surface area contributed by atoms with Crippen molar-refractivity contribution in [2.75, 3.05) is 4.90 Å². The van der Waals surface area contributed by atoms with Crippen LogP contribution in [0.5, 0.6) is 0 Å². The molecule has 2 saturated carbocycles. The van der Waals surface area contributed by atoms with E-state index in [1.54, 1.807) is 0 Å². The molecule has 1 aromatic carbocycles. The second-order valence-electron chi connectivity index (χ2n) is 6.96. The highest BCUT2D eigenvalue weighted by Gasteiger charge is 2.29. The van der Waals surface area contributed by atoms with E-state index in [4.69, 9.17) is 0 Å². The van der Waals surface area contributed by atoms with E-state index >= 15 is 0 Å². The monoisotopic (exact) mass is 301 g/mol. The van der Waals surface area contributed by atoms with Crippen LogP contribution < -0.4 is 10.4 Å². The van der Waals surface area contributed by atoms with Crippen LogP contribution in [0, 0.1) is 0 Å². The van der Waals surface area contributed by atoms with Crippen molar-refractivity contribution in [2.24, 2.45) is 0 Å². The van der Waals surface area contributed by atoms with Crippen LogP contribution in [0.25, 0.3) is 0 Å². The molecule has 22 heavy (non-hydrogen) atoms. The topological polar surface area (TPSA) is 43.7 Å². The third-order valence-electron chi connectivity index (χ3n) is 5.43. The molecule has 0 bridgehead atoms. The molecule has 1 aromatic rings. The zero-order chi connectivity index (χ0) is 15.4. The van der Waals surface area contributed by atoms with Crippen LogP contribution in [0.4, 0.5) is 5.69 Å². The van der Waals surface area contributed by atoms with Crippen LogP contribution in [0.3, 0.4) is 0 Å². The SMILES string of the molecule is OB(O)c1ccc(N(C2CCCCC2)C2CCCCC2)cc1. The van der Waals surface area contributed by atoms with Gasteiger partial charge in [-0.25, -0.2) is 0 Å². The summed E-state index contributed by atoms with van der Waals surface area (Å²) in [5.74, 6) is 0. The summed E-state index contributed by atoms with van der Waals surface area (Å²) in [6.07, 6.45) is 13.4. The van der Waals surface area contributed by atoms with Crippen molar-refractivity contribution in [1.29, 1.82) is 0 Å². The zero-order valence-electron chi connectivity index (χ0n) is 13.5. The molecule has 0 aliphatic heterocycles. The number of benzene rings is 1. The molecule has 120 valence electrons. The van der Waals surface area contributed by atoms with Crippen molar-refractivity contribution in [2.45, 2.75) is 76.3 Å². The van der Waals surface area contributed by atoms with Gasteiger partial charge in [-0.3, -0.25) is 0 Å². The van der Waals surface area contributed by atoms with Crippen molar-refractivity contribution >= 4 is 18.3 Å². The van der Waals surface area contributed by atoms with Crippen LogP contribution in [0.15, 0.2) is 24.3 Å². The lowest BCUT2D eigenvalue weighted by molar-refractivity contribution is 0.340. The predicted octanol–water partition coefficient (Wildman–Crippen LogP) is 2.84. The summed E-state index contributed by atoms with van der Waals surface area (Å²) in [5, 5.41) is 18.6. The molecule has 3 rings (SSSR count). The van der Waals surface area contributed by atoms with E-state index in [1.165, 1.54) is 69.9 Å². The number of hydrogen-bond acceptors (Lipinski definition) is 3. The maximum Gasteiger partial charge on any atom is 0.488 e. The van der Waals surface area contributed by atoms with Gasteiger partial charge in [0.25, 0.3) is 0 Å². The molecule has 0 saturated heterocycles. The molecule has 0 radical (unpaired) electrons. The maximum absolute atomic E-state index is 9.29. The van der Waals surface area contributed by atoms with Gasteiger partial charge >= 0.3 is 7.12 Å². The van der Waals surface area contributed by atoms with E-state index in [-0.39, 0.29) is 0 Å². The van der Waals surface area contributed by atoms with Crippen LogP contribution in [-0.4, -0.2) is 29.3 Å². The molecule has 0 spiro atoms. The summed E-state index contributed by atoms with van der Waals surface area (Å²) in [6.45, 7) is 0. The van der Waals surface area contributed by atoms with Gasteiger partial charge in [0.15, 0.2) is 0 Å². The first-order valence-corrected chi connectivity index (χ1v) is 9.00. The van der Waals surface area contributed by atoms with Crippen molar-refractivity contribution < 1.29 is 10.0 Å². The van der Waals surface area contributed by atoms with E-state index in [1.807, 2.05) is 12.1 Å². The first kappa shape index (κ1) is 15.9. The Kier molecular flexibility index (Phi) is 5.43. The molecule has 0 unspecified atom stereocenters. The lowest BCUT2D eigenvalue weighted by atomic mass is 9.80. The van der Waals surface area contributed by atoms with E-state index in [0.717, 1.165) is 0 Å². The molecule has 0 heterocycles. The summed E-state index contributed by atoms with van der Waals surface area (Å²) in [4.78, 5) is 2.67. The van der Waals surface area contributed by atoms with Gasteiger partial charge in [0.2, 0.25) is 0 Å². The molecule has 2 aliphatic rings. The van der Waals surface area contributed by atoms with Gasteiger partial charge in [0.1, 0.15) is 0 Å². The van der Waals surface area contributed by atoms with Crippen molar-refractivity contribution in [3.63, 3.8) is 0 Å². The van der Waals surface area contributed by atoms with Crippen LogP contribution in [0.1, 0.15) is 64.2 Å². The lowest BCUT2D eigenvalue weighted by Crippen LogP contribution is -2.45. The number of nitrogens with zero attached hydrogens (tertiary/aromatic N) is 1. The van der Waals surface area contributed by atoms with Crippen LogP contribution in [-0.2, 0) is 0 Å². The standard InChI is InChI=1S/C18H28BNO2/c21-19(22)15-11-13-18(14-12-15)20(16-7-3-1-4-8-16)17-9-5-2-6-10-17/h11-14,16-17,21-22H,1-10H2. The Morgan fingerprint density at radius 1 is 0.727 bits per heavy atom. The van der Waals surface area contributed by atoms with E-state index in [0.29, 0.717) is 17.5 Å². The van der Waals surface area contributed by atoms with Gasteiger partial charge in [-0.05, 0) is 43.3 Å². The van der Waals surface area contributed by atoms with Gasteiger partial charge in [0, 0.05) is 17.8 Å². The third kappa shape index (κ3) is 3.66. The molecular formula is C18H28BNO2. The third-order valence-corrected chi connectivity index (χ3v) is 5.43. The Labute approximate surface area is 134 Å². The van der Waals surface area contributed by atoms with Gasteiger partial charge in [-0.15, -0.1) is 0 Å². The minimum atomic E-state index is -1.37. The minimum Gasteiger partial charge on any atom is -0.423 e. The fourth-order valence-corrected chi connectivity index (χ4v) is 4.26. The molecule has 0 aromatic heterocycles. The van der Waals surface area contributed by atoms with Gasteiger partial charge in [0.05, 0.1) is 0 Å². The highest BCUT2D eigenvalue weighted by atomic mass is 16.4. The van der Waals surface area contributed by atoms with Gasteiger partial charge < -0.3 is 14.9 Å². The number of anilines is 1. The maximum atomic E-state index is 9.29. The van der Waals surface area contributed by atoms with E-state index in [9.17, 15) is 10.0 Å². The largest absolute Gasteiger partial charge is 0.488 e. The Morgan fingerprint density at radius 3 is 1.59 bits per heavy atom. The molecule has 4 heteroatoms. The van der Waals surface area contributed by atoms with Crippen LogP contribution in [0.2, 0.25) is 0 Å². The summed E-state index contributed by atoms with van der Waals surface area (Å²) >= 11 is 0. The second kappa shape index (κ2) is 7.52. The second-order valence-corrected chi connectivity index (χ2v) is 6.96. The first-order chi connectivity index (χ1) is 10.8. The molecule has 3 nitrogen and oxygen atoms in total. The molecule has 0 atom stereocenters. The van der Waals surface area contributed by atoms with E-state index in [2.05, 4.69) is 17.0 Å². The molecule has 2 aliphatic carbocycles. The molecular weight excluding hydrogens is 273 g/mol. The highest BCUT2D eigenvalue weighted by molar-refractivity contribution is 6.58. The van der Waals surface area contributed by atoms with Crippen molar-refractivity contribution in [3.05, 3.63) is 24.3 Å². The first-order valence-electron chi connectivity index (χ1n) is 9.00. The van der Waals surface area contributed by atoms with Gasteiger partial charge in [-0.1, -0.05) is 50.7 Å². The molecule has 0 amide bonds. The summed E-state index contributed by atoms with van der Waals surface area (Å²) in [6, 6.07) is 9.22. The normalized spacial score (nSPS) is 20.8. The summed E-state index contributed by atoms with van der Waals surface area (Å²) in [5.41, 5.74) is 1.85. The van der Waals surface area contributed by atoms with Gasteiger partial charge in [-0.2, -0.15) is 0 Å². The minimum absolute atomic E-state index is 0.580. The van der Waals surface area contributed by atoms with Crippen molar-refractivity contribution in [1.82, 2.24) is 0 Å². The zero-order valence-corrected chi connectivity index (χ0v) is 13.5. The smallest absolute Gasteiger partial charge is 0.423 e. The quantitative estimate of drug-likeness (QED) is 0.841. The Morgan fingerprint density at radius 2 is 1.18 bits per heavy atom. The number of rotatable bonds is 4. The predicted molar refractivity (Wildman–Crippen MR) is 92.5 cm³/mol. The Balaban J connectivity index is 1.82. The summed E-state index contributed by atoms with van der Waals surface area (Å²) < 4.78 is 0. The fraction of sp³-hybridized carbons (Fsp3) is 0.667. The van der Waals surface area contributed by atoms with E-state index < -0.39 is 7.12 Å². The highest BCUT2D eigenvalue weighted by Crippen LogP contribution is 2.33. The summed E-state index contributed by atoms with van der Waals surface area (Å²) in [7, 11) is -1.37. The average molecular weight is 301 g/mol. The lowest BCUT2D eigenvalue weighted by Gasteiger charge is -2.43. The Hall–Kier alpha value is -0.995. The van der Waals surface area contributed by atoms with Crippen LogP contribution >= 0.6 is 0 Å². The Bertz CT molecular complexity index is 433. The fourth-order valence-electron chi connectivity index (χ4n) is 4.26. The number of hydrogen-bond donors (Lipinski definition) is 2. The molecule has 2 N–H and O–H groups in total. The average Bonchev–Trinajstić information content (AvgIpc) is 2.57.